The number of anilines is 1. The minimum Gasteiger partial charge on any atom is -0.468 e. The Bertz CT molecular complexity index is 440. The Morgan fingerprint density at radius 2 is 2.31 bits per heavy atom. The molecule has 0 saturated heterocycles. The number of carbonyl (C=O) groups excluding carboxylic acids is 1. The molecule has 1 aliphatic heterocycles. The molecule has 4 heteroatoms. The number of fused-ring (bicyclic) bond motifs is 1. The Morgan fingerprint density at radius 1 is 1.56 bits per heavy atom. The second-order valence-electron chi connectivity index (χ2n) is 3.64. The molecule has 0 fully saturated rings. The Labute approximate surface area is 94.1 Å². The van der Waals surface area contributed by atoms with Crippen LogP contribution >= 0.6 is 0 Å². The molecule has 3 N–H and O–H groups in total. The number of nitrogens with one attached hydrogen (secondary N) is 1. The fourth-order valence-electron chi connectivity index (χ4n) is 1.77. The van der Waals surface area contributed by atoms with Crippen LogP contribution in [0.5, 0.6) is 0 Å². The van der Waals surface area contributed by atoms with Gasteiger partial charge in [-0.15, -0.1) is 0 Å². The van der Waals surface area contributed by atoms with Gasteiger partial charge in [0, 0.05) is 17.8 Å². The summed E-state index contributed by atoms with van der Waals surface area (Å²) in [4.78, 5) is 11.2. The van der Waals surface area contributed by atoms with Gasteiger partial charge in [-0.3, -0.25) is 4.79 Å². The molecule has 1 aromatic rings. The van der Waals surface area contributed by atoms with E-state index < -0.39 is 12.0 Å². The highest BCUT2D eigenvalue weighted by atomic mass is 16.5. The summed E-state index contributed by atoms with van der Waals surface area (Å²) in [5.74, 6) is -0.420. The number of esters is 1. The van der Waals surface area contributed by atoms with Crippen molar-refractivity contribution in [2.45, 2.75) is 6.04 Å². The van der Waals surface area contributed by atoms with Crippen LogP contribution in [0.3, 0.4) is 0 Å². The van der Waals surface area contributed by atoms with E-state index in [1.54, 1.807) is 6.08 Å². The molecular formula is C12H14N2O2. The van der Waals surface area contributed by atoms with Crippen LogP contribution in [0.1, 0.15) is 5.56 Å². The third-order valence-electron chi connectivity index (χ3n) is 2.60. The zero-order valence-electron chi connectivity index (χ0n) is 9.07. The van der Waals surface area contributed by atoms with E-state index in [0.717, 1.165) is 16.8 Å². The van der Waals surface area contributed by atoms with E-state index in [-0.39, 0.29) is 0 Å². The molecular weight excluding hydrogens is 204 g/mol. The normalized spacial score (nSPS) is 17.8. The first kappa shape index (κ1) is 10.7. The molecule has 0 spiro atoms. The van der Waals surface area contributed by atoms with E-state index in [0.29, 0.717) is 6.54 Å². The van der Waals surface area contributed by atoms with Gasteiger partial charge in [0.15, 0.2) is 0 Å². The maximum atomic E-state index is 11.2. The molecule has 1 atom stereocenters. The van der Waals surface area contributed by atoms with E-state index in [4.69, 9.17) is 5.73 Å². The summed E-state index contributed by atoms with van der Waals surface area (Å²) >= 11 is 0. The molecule has 0 bridgehead atoms. The number of hydrogen-bond acceptors (Lipinski definition) is 4. The summed E-state index contributed by atoms with van der Waals surface area (Å²) < 4.78 is 4.58. The van der Waals surface area contributed by atoms with E-state index in [2.05, 4.69) is 10.1 Å². The predicted octanol–water partition coefficient (Wildman–Crippen LogP) is 0.996. The molecule has 0 aliphatic carbocycles. The van der Waals surface area contributed by atoms with Crippen molar-refractivity contribution in [3.8, 4) is 0 Å². The summed E-state index contributed by atoms with van der Waals surface area (Å²) in [6, 6.07) is 7.23. The number of hydrogen-bond donors (Lipinski definition) is 2. The summed E-state index contributed by atoms with van der Waals surface area (Å²) in [5.41, 5.74) is 8.90. The highest BCUT2D eigenvalue weighted by Crippen LogP contribution is 2.30. The third kappa shape index (κ3) is 1.92. The molecule has 0 radical (unpaired) electrons. The molecule has 1 heterocycles. The number of benzene rings is 1. The van der Waals surface area contributed by atoms with Crippen molar-refractivity contribution in [1.82, 2.24) is 0 Å². The minimum absolute atomic E-state index is 0.420. The molecule has 1 aromatic carbocycles. The van der Waals surface area contributed by atoms with Gasteiger partial charge < -0.3 is 15.8 Å². The lowest BCUT2D eigenvalue weighted by Gasteiger charge is -2.05. The molecule has 0 saturated carbocycles. The van der Waals surface area contributed by atoms with Crippen molar-refractivity contribution in [2.75, 3.05) is 19.0 Å². The first-order valence-corrected chi connectivity index (χ1v) is 5.09. The van der Waals surface area contributed by atoms with Gasteiger partial charge in [-0.25, -0.2) is 0 Å². The van der Waals surface area contributed by atoms with Crippen LogP contribution < -0.4 is 11.1 Å². The summed E-state index contributed by atoms with van der Waals surface area (Å²) in [6.07, 6.45) is 1.74. The second-order valence-corrected chi connectivity index (χ2v) is 3.64. The van der Waals surface area contributed by atoms with Crippen molar-refractivity contribution >= 4 is 17.2 Å². The summed E-state index contributed by atoms with van der Waals surface area (Å²) in [7, 11) is 1.33. The van der Waals surface area contributed by atoms with Gasteiger partial charge in [0.1, 0.15) is 6.04 Å². The van der Waals surface area contributed by atoms with Crippen LogP contribution in [0, 0.1) is 0 Å². The second kappa shape index (κ2) is 4.37. The van der Waals surface area contributed by atoms with Gasteiger partial charge in [0.25, 0.3) is 0 Å². The van der Waals surface area contributed by atoms with Gasteiger partial charge in [-0.05, 0) is 11.6 Å². The molecule has 16 heavy (non-hydrogen) atoms. The highest BCUT2D eigenvalue weighted by molar-refractivity contribution is 5.88. The minimum atomic E-state index is -0.701. The lowest BCUT2D eigenvalue weighted by molar-refractivity contribution is -0.140. The lowest BCUT2D eigenvalue weighted by atomic mass is 10.1. The smallest absolute Gasteiger partial charge is 0.326 e. The van der Waals surface area contributed by atoms with Crippen LogP contribution in [-0.2, 0) is 9.53 Å². The maximum absolute atomic E-state index is 11.2. The van der Waals surface area contributed by atoms with E-state index in [1.165, 1.54) is 7.11 Å². The van der Waals surface area contributed by atoms with Crippen molar-refractivity contribution in [3.05, 3.63) is 35.9 Å². The lowest BCUT2D eigenvalue weighted by Crippen LogP contribution is -2.29. The van der Waals surface area contributed by atoms with Crippen LogP contribution in [0.4, 0.5) is 5.69 Å². The largest absolute Gasteiger partial charge is 0.468 e. The van der Waals surface area contributed by atoms with Gasteiger partial charge in [0.05, 0.1) is 7.11 Å². The molecule has 1 unspecified atom stereocenters. The Hall–Kier alpha value is -1.81. The molecule has 84 valence electrons. The first-order chi connectivity index (χ1) is 7.72. The quantitative estimate of drug-likeness (QED) is 0.727. The van der Waals surface area contributed by atoms with Crippen molar-refractivity contribution in [1.29, 1.82) is 0 Å². The summed E-state index contributed by atoms with van der Waals surface area (Å²) in [6.45, 7) is 0.698. The first-order valence-electron chi connectivity index (χ1n) is 5.09. The van der Waals surface area contributed by atoms with Crippen molar-refractivity contribution < 1.29 is 9.53 Å². The standard InChI is InChI=1S/C12H14N2O2/c1-16-12(15)10(13)6-8-7-14-11-5-3-2-4-9(8)11/h2-6,10,14H,7,13H2,1H3. The zero-order valence-corrected chi connectivity index (χ0v) is 9.07. The van der Waals surface area contributed by atoms with Crippen LogP contribution in [0.15, 0.2) is 30.3 Å². The average molecular weight is 218 g/mol. The monoisotopic (exact) mass is 218 g/mol. The van der Waals surface area contributed by atoms with Crippen LogP contribution in [0.2, 0.25) is 0 Å². The molecule has 2 rings (SSSR count). The topological polar surface area (TPSA) is 64.3 Å². The fraction of sp³-hybridized carbons (Fsp3) is 0.250. The predicted molar refractivity (Wildman–Crippen MR) is 62.9 cm³/mol. The van der Waals surface area contributed by atoms with E-state index in [9.17, 15) is 4.79 Å². The van der Waals surface area contributed by atoms with Gasteiger partial charge in [0.2, 0.25) is 0 Å². The number of nitrogens with two attached hydrogens (primary N) is 1. The van der Waals surface area contributed by atoms with Crippen LogP contribution in [0.25, 0.3) is 5.57 Å². The van der Waals surface area contributed by atoms with Gasteiger partial charge in [-0.2, -0.15) is 0 Å². The Morgan fingerprint density at radius 3 is 3.06 bits per heavy atom. The van der Waals surface area contributed by atoms with E-state index >= 15 is 0 Å². The maximum Gasteiger partial charge on any atom is 0.326 e. The highest BCUT2D eigenvalue weighted by Gasteiger charge is 2.18. The molecule has 0 amide bonds. The Kier molecular flexibility index (Phi) is 2.92. The van der Waals surface area contributed by atoms with E-state index in [1.807, 2.05) is 24.3 Å². The number of ether oxygens (including phenoxy) is 1. The number of methoxy groups -OCH3 is 1. The van der Waals surface area contributed by atoms with Crippen molar-refractivity contribution in [3.63, 3.8) is 0 Å². The van der Waals surface area contributed by atoms with Crippen LogP contribution in [-0.4, -0.2) is 25.7 Å². The SMILES string of the molecule is COC(=O)C(N)C=C1CNc2ccccc21. The zero-order chi connectivity index (χ0) is 11.5. The third-order valence-corrected chi connectivity index (χ3v) is 2.60. The molecule has 0 aromatic heterocycles. The fourth-order valence-corrected chi connectivity index (χ4v) is 1.77. The number of rotatable bonds is 2. The average Bonchev–Trinajstić information content (AvgIpc) is 2.72. The molecule has 1 aliphatic rings. The summed E-state index contributed by atoms with van der Waals surface area (Å²) in [5, 5.41) is 3.24. The number of para-hydroxylation sites is 1. The number of carbonyl (C=O) groups is 1. The van der Waals surface area contributed by atoms with Gasteiger partial charge in [-0.1, -0.05) is 24.3 Å². The molecule has 4 nitrogen and oxygen atoms in total. The Balaban J connectivity index is 2.25. The van der Waals surface area contributed by atoms with Gasteiger partial charge >= 0.3 is 5.97 Å². The van der Waals surface area contributed by atoms with Crippen molar-refractivity contribution in [2.24, 2.45) is 5.73 Å².